The Bertz CT molecular complexity index is 1740. The van der Waals surface area contributed by atoms with E-state index in [9.17, 15) is 41.1 Å². The van der Waals surface area contributed by atoms with E-state index in [-0.39, 0.29) is 91.0 Å². The largest absolute Gasteiger partial charge is 0.522 e. The number of aliphatic carboxylic acids is 1. The highest BCUT2D eigenvalue weighted by molar-refractivity contribution is 6.31. The van der Waals surface area contributed by atoms with Crippen LogP contribution >= 0.6 is 23.2 Å². The fourth-order valence-electron chi connectivity index (χ4n) is 6.58. The van der Waals surface area contributed by atoms with Gasteiger partial charge in [-0.2, -0.15) is 0 Å². The highest BCUT2D eigenvalue weighted by Gasteiger charge is 2.41. The Kier molecular flexibility index (Phi) is 20.0. The molecule has 2 saturated carbocycles. The van der Waals surface area contributed by atoms with Gasteiger partial charge in [-0.1, -0.05) is 30.1 Å². The normalized spacial score (nSPS) is 21.5. The van der Waals surface area contributed by atoms with Crippen LogP contribution in [0.2, 0.25) is 10.0 Å². The van der Waals surface area contributed by atoms with E-state index in [4.69, 9.17) is 47.3 Å². The van der Waals surface area contributed by atoms with Crippen molar-refractivity contribution in [2.24, 2.45) is 5.92 Å². The minimum absolute atomic E-state index is 0.0338. The predicted molar refractivity (Wildman–Crippen MR) is 211 cm³/mol. The number of hydrogen-bond donors (Lipinski definition) is 4. The van der Waals surface area contributed by atoms with Gasteiger partial charge in [0.2, 0.25) is 5.91 Å². The van der Waals surface area contributed by atoms with E-state index >= 15 is 0 Å². The molecule has 2 aromatic rings. The summed E-state index contributed by atoms with van der Waals surface area (Å²) in [6, 6.07) is 8.04. The molecular weight excluding hydrogens is 862 g/mol. The number of carboxylic acid groups (broad SMARTS) is 1. The van der Waals surface area contributed by atoms with Crippen molar-refractivity contribution >= 4 is 46.9 Å². The molecule has 14 nitrogen and oxygen atoms in total. The number of piperidine rings is 2. The molecule has 4 fully saturated rings. The van der Waals surface area contributed by atoms with Crippen LogP contribution < -0.4 is 25.4 Å². The van der Waals surface area contributed by atoms with Crippen molar-refractivity contribution in [3.63, 3.8) is 0 Å². The van der Waals surface area contributed by atoms with Crippen LogP contribution in [0.3, 0.4) is 0 Å². The van der Waals surface area contributed by atoms with Crippen molar-refractivity contribution in [1.29, 1.82) is 0 Å². The summed E-state index contributed by atoms with van der Waals surface area (Å²) in [6.45, 7) is 4.05. The lowest BCUT2D eigenvalue weighted by molar-refractivity contribution is -0.357. The van der Waals surface area contributed by atoms with E-state index in [0.717, 1.165) is 50.8 Å². The average Bonchev–Trinajstić information content (AvgIpc) is 3.18. The predicted octanol–water partition coefficient (Wildman–Crippen LogP) is 5.66. The summed E-state index contributed by atoms with van der Waals surface area (Å²) in [5.41, 5.74) is 0. The number of amides is 3. The molecule has 2 saturated heterocycles. The number of nitrogens with one attached hydrogen (secondary N) is 3. The summed E-state index contributed by atoms with van der Waals surface area (Å²) < 4.78 is 87.5. The minimum Gasteiger partial charge on any atom is -0.484 e. The first kappa shape index (κ1) is 49.6. The van der Waals surface area contributed by atoms with Gasteiger partial charge >= 0.3 is 12.3 Å². The van der Waals surface area contributed by atoms with Gasteiger partial charge in [-0.3, -0.25) is 19.1 Å². The highest BCUT2D eigenvalue weighted by Crippen LogP contribution is 2.32. The standard InChI is InChI=1S/C20H23ClF4N2O5.C13H16ClFN2O2.C7H12O3/c21-16-2-1-13(9-17(16)22)30-10-18(28)26-12-3-5-27(6-4-12)19(29)11-31-14-7-15(8-14)32-20(23,24)25;14-11-2-1-10(7-12(11)15)19-8-13(18)17-9-3-5-16-6-4-9;1-5-2-6(3-5)10-4-7(8)9/h1-2,9,12,14-15H,3-8,10-11H2,(H,26,28);1-2,7,9,16H,3-6,8H2,(H,17,18);5-6H,2-4H2,1H3,(H,8,9). The van der Waals surface area contributed by atoms with Crippen molar-refractivity contribution in [1.82, 2.24) is 20.9 Å². The van der Waals surface area contributed by atoms with Crippen molar-refractivity contribution in [2.75, 3.05) is 52.6 Å². The summed E-state index contributed by atoms with van der Waals surface area (Å²) in [4.78, 5) is 47.5. The van der Waals surface area contributed by atoms with Crippen molar-refractivity contribution in [3.05, 3.63) is 58.1 Å². The third-order valence-electron chi connectivity index (χ3n) is 10.0. The molecule has 340 valence electrons. The van der Waals surface area contributed by atoms with Crippen LogP contribution in [0.15, 0.2) is 36.4 Å². The fourth-order valence-corrected chi connectivity index (χ4v) is 6.82. The Hall–Kier alpha value is -4.01. The molecule has 2 heterocycles. The van der Waals surface area contributed by atoms with Gasteiger partial charge in [0.15, 0.2) is 13.2 Å². The van der Waals surface area contributed by atoms with Crippen LogP contribution in [0.4, 0.5) is 22.0 Å². The lowest BCUT2D eigenvalue weighted by Crippen LogP contribution is -2.49. The van der Waals surface area contributed by atoms with E-state index in [2.05, 4.69) is 27.6 Å². The summed E-state index contributed by atoms with van der Waals surface area (Å²) in [5.74, 6) is -1.68. The number of carbonyl (C=O) groups excluding carboxylic acids is 3. The molecule has 0 spiro atoms. The summed E-state index contributed by atoms with van der Waals surface area (Å²) >= 11 is 11.1. The number of ether oxygens (including phenoxy) is 5. The molecule has 3 amide bonds. The van der Waals surface area contributed by atoms with E-state index in [0.29, 0.717) is 31.7 Å². The van der Waals surface area contributed by atoms with E-state index in [1.165, 1.54) is 30.3 Å². The molecule has 21 heteroatoms. The second-order valence-electron chi connectivity index (χ2n) is 15.0. The van der Waals surface area contributed by atoms with Crippen LogP contribution in [0.25, 0.3) is 0 Å². The van der Waals surface area contributed by atoms with Gasteiger partial charge in [0.05, 0.1) is 28.4 Å². The number of nitrogens with zero attached hydrogens (tertiary/aromatic N) is 1. The van der Waals surface area contributed by atoms with Gasteiger partial charge in [0.25, 0.3) is 11.8 Å². The molecule has 2 aromatic carbocycles. The zero-order valence-corrected chi connectivity index (χ0v) is 35.0. The molecule has 0 bridgehead atoms. The number of carboxylic acids is 1. The topological polar surface area (TPSA) is 174 Å². The number of alkyl halides is 3. The Morgan fingerprint density at radius 3 is 1.67 bits per heavy atom. The molecule has 0 atom stereocenters. The quantitative estimate of drug-likeness (QED) is 0.163. The molecule has 4 N–H and O–H groups in total. The van der Waals surface area contributed by atoms with Gasteiger partial charge in [-0.05, 0) is 81.8 Å². The Morgan fingerprint density at radius 2 is 1.21 bits per heavy atom. The van der Waals surface area contributed by atoms with Gasteiger partial charge in [-0.15, -0.1) is 13.2 Å². The molecule has 4 aliphatic rings. The molecular formula is C40H51Cl2F5N4O10. The van der Waals surface area contributed by atoms with Crippen molar-refractivity contribution < 1.29 is 69.9 Å². The second kappa shape index (κ2) is 24.6. The van der Waals surface area contributed by atoms with Crippen molar-refractivity contribution in [2.45, 2.75) is 95.0 Å². The third kappa shape index (κ3) is 18.9. The highest BCUT2D eigenvalue weighted by atomic mass is 35.5. The van der Waals surface area contributed by atoms with Gasteiger partial charge in [-0.25, -0.2) is 13.6 Å². The maximum Gasteiger partial charge on any atom is 0.522 e. The van der Waals surface area contributed by atoms with Gasteiger partial charge in [0, 0.05) is 50.1 Å². The first-order chi connectivity index (χ1) is 28.9. The molecule has 0 unspecified atom stereocenters. The smallest absolute Gasteiger partial charge is 0.484 e. The third-order valence-corrected chi connectivity index (χ3v) is 10.6. The zero-order valence-electron chi connectivity index (χ0n) is 33.5. The lowest BCUT2D eigenvalue weighted by atomic mass is 9.84. The number of likely N-dealkylation sites (tertiary alicyclic amines) is 1. The van der Waals surface area contributed by atoms with E-state index in [1.54, 1.807) is 4.90 Å². The molecule has 0 aromatic heterocycles. The summed E-state index contributed by atoms with van der Waals surface area (Å²) in [6.07, 6.45) is -0.623. The van der Waals surface area contributed by atoms with Gasteiger partial charge in [0.1, 0.15) is 36.3 Å². The lowest BCUT2D eigenvalue weighted by Gasteiger charge is -2.36. The number of hydrogen-bond acceptors (Lipinski definition) is 10. The Balaban J connectivity index is 0.000000236. The van der Waals surface area contributed by atoms with E-state index in [1.807, 2.05) is 0 Å². The van der Waals surface area contributed by atoms with E-state index < -0.39 is 36.2 Å². The number of benzene rings is 2. The molecule has 2 aliphatic carbocycles. The molecule has 2 aliphatic heterocycles. The van der Waals surface area contributed by atoms with Crippen LogP contribution in [-0.2, 0) is 33.4 Å². The maximum absolute atomic E-state index is 13.4. The number of carbonyl (C=O) groups is 4. The zero-order chi connectivity index (χ0) is 44.5. The van der Waals surface area contributed by atoms with Crippen molar-refractivity contribution in [3.8, 4) is 11.5 Å². The number of rotatable bonds is 15. The number of halogens is 7. The van der Waals surface area contributed by atoms with Crippen LogP contribution in [0, 0.1) is 17.6 Å². The van der Waals surface area contributed by atoms with Crippen LogP contribution in [-0.4, -0.2) is 123 Å². The maximum atomic E-state index is 13.4. The van der Waals surface area contributed by atoms with Gasteiger partial charge < -0.3 is 44.9 Å². The molecule has 0 radical (unpaired) electrons. The molecule has 61 heavy (non-hydrogen) atoms. The molecule has 6 rings (SSSR count). The summed E-state index contributed by atoms with van der Waals surface area (Å²) in [7, 11) is 0. The first-order valence-electron chi connectivity index (χ1n) is 19.8. The van der Waals surface area contributed by atoms with Crippen LogP contribution in [0.1, 0.15) is 58.3 Å². The Labute approximate surface area is 360 Å². The second-order valence-corrected chi connectivity index (χ2v) is 15.9. The van der Waals surface area contributed by atoms with Crippen LogP contribution in [0.5, 0.6) is 11.5 Å². The fraction of sp³-hybridized carbons (Fsp3) is 0.600. The first-order valence-corrected chi connectivity index (χ1v) is 20.6. The monoisotopic (exact) mass is 912 g/mol. The Morgan fingerprint density at radius 1 is 0.738 bits per heavy atom. The SMILES string of the molecule is CC1CC(OCC(=O)O)C1.O=C(COc1ccc(Cl)c(F)c1)NC1CCN(C(=O)COC2CC(OC(F)(F)F)C2)CC1.O=C(COc1ccc(Cl)c(F)c1)NC1CCNCC1. The minimum atomic E-state index is -4.66. The average molecular weight is 914 g/mol. The summed E-state index contributed by atoms with van der Waals surface area (Å²) in [5, 5.41) is 17.1.